The molecule has 104 valence electrons. The third-order valence-electron chi connectivity index (χ3n) is 2.55. The van der Waals surface area contributed by atoms with Gasteiger partial charge in [-0.25, -0.2) is 8.42 Å². The number of aryl methyl sites for hydroxylation is 1. The summed E-state index contributed by atoms with van der Waals surface area (Å²) in [6, 6.07) is 0.361. The SMILES string of the molecule is Cc1noc(NS(=O)(=O)CCCNC(C)C)c1C. The van der Waals surface area contributed by atoms with Crippen molar-refractivity contribution in [3.8, 4) is 0 Å². The molecule has 0 radical (unpaired) electrons. The zero-order valence-electron chi connectivity index (χ0n) is 11.3. The number of anilines is 1. The van der Waals surface area contributed by atoms with Crippen molar-refractivity contribution in [2.75, 3.05) is 17.0 Å². The summed E-state index contributed by atoms with van der Waals surface area (Å²) in [7, 11) is -3.37. The van der Waals surface area contributed by atoms with Gasteiger partial charge in [-0.2, -0.15) is 0 Å². The predicted molar refractivity (Wildman–Crippen MR) is 71.1 cm³/mol. The van der Waals surface area contributed by atoms with Crippen molar-refractivity contribution >= 4 is 15.9 Å². The van der Waals surface area contributed by atoms with Crippen molar-refractivity contribution in [1.29, 1.82) is 0 Å². The molecule has 18 heavy (non-hydrogen) atoms. The molecule has 1 aromatic rings. The van der Waals surface area contributed by atoms with Crippen molar-refractivity contribution in [2.45, 2.75) is 40.2 Å². The fourth-order valence-electron chi connectivity index (χ4n) is 1.36. The average Bonchev–Trinajstić information content (AvgIpc) is 2.56. The summed E-state index contributed by atoms with van der Waals surface area (Å²) in [4.78, 5) is 0. The summed E-state index contributed by atoms with van der Waals surface area (Å²) in [6.07, 6.45) is 0.555. The molecule has 0 fully saturated rings. The lowest BCUT2D eigenvalue weighted by Crippen LogP contribution is -2.26. The standard InChI is InChI=1S/C11H21N3O3S/c1-8(2)12-6-5-7-18(15,16)14-11-9(3)10(4)13-17-11/h8,12,14H,5-7H2,1-4H3. The minimum atomic E-state index is -3.37. The van der Waals surface area contributed by atoms with E-state index in [0.717, 1.165) is 5.56 Å². The number of sulfonamides is 1. The van der Waals surface area contributed by atoms with Crippen LogP contribution in [0.2, 0.25) is 0 Å². The number of hydrogen-bond acceptors (Lipinski definition) is 5. The first-order chi connectivity index (χ1) is 8.32. The average molecular weight is 275 g/mol. The summed E-state index contributed by atoms with van der Waals surface area (Å²) in [6.45, 7) is 8.25. The van der Waals surface area contributed by atoms with Gasteiger partial charge in [0.1, 0.15) is 0 Å². The van der Waals surface area contributed by atoms with E-state index in [4.69, 9.17) is 4.52 Å². The molecule has 0 amide bonds. The maximum absolute atomic E-state index is 11.8. The van der Waals surface area contributed by atoms with E-state index in [1.54, 1.807) is 13.8 Å². The Morgan fingerprint density at radius 3 is 2.50 bits per heavy atom. The lowest BCUT2D eigenvalue weighted by Gasteiger charge is -2.08. The quantitative estimate of drug-likeness (QED) is 0.735. The Morgan fingerprint density at radius 2 is 2.00 bits per heavy atom. The molecule has 0 spiro atoms. The van der Waals surface area contributed by atoms with Crippen molar-refractivity contribution in [2.24, 2.45) is 0 Å². The van der Waals surface area contributed by atoms with Crippen LogP contribution in [0.5, 0.6) is 0 Å². The molecule has 7 heteroatoms. The van der Waals surface area contributed by atoms with E-state index >= 15 is 0 Å². The Labute approximate surface area is 108 Å². The molecule has 0 atom stereocenters. The van der Waals surface area contributed by atoms with Crippen LogP contribution in [0.4, 0.5) is 5.88 Å². The molecule has 0 bridgehead atoms. The molecule has 1 aromatic heterocycles. The van der Waals surface area contributed by atoms with Gasteiger partial charge >= 0.3 is 0 Å². The third-order valence-corrected chi connectivity index (χ3v) is 3.87. The van der Waals surface area contributed by atoms with Crippen LogP contribution in [0.1, 0.15) is 31.5 Å². The second-order valence-corrected chi connectivity index (χ2v) is 6.45. The molecule has 0 unspecified atom stereocenters. The summed E-state index contributed by atoms with van der Waals surface area (Å²) in [5, 5.41) is 6.88. The molecule has 0 saturated carbocycles. The van der Waals surface area contributed by atoms with E-state index in [1.807, 2.05) is 13.8 Å². The van der Waals surface area contributed by atoms with E-state index in [0.29, 0.717) is 24.7 Å². The Kier molecular flexibility index (Phi) is 5.15. The highest BCUT2D eigenvalue weighted by Crippen LogP contribution is 2.18. The van der Waals surface area contributed by atoms with Crippen molar-refractivity contribution in [3.63, 3.8) is 0 Å². The van der Waals surface area contributed by atoms with Crippen molar-refractivity contribution < 1.29 is 12.9 Å². The lowest BCUT2D eigenvalue weighted by atomic mass is 10.3. The summed E-state index contributed by atoms with van der Waals surface area (Å²) in [5.41, 5.74) is 1.41. The highest BCUT2D eigenvalue weighted by Gasteiger charge is 2.16. The number of nitrogens with zero attached hydrogens (tertiary/aromatic N) is 1. The Morgan fingerprint density at radius 1 is 1.33 bits per heavy atom. The van der Waals surface area contributed by atoms with Crippen LogP contribution in [0.25, 0.3) is 0 Å². The van der Waals surface area contributed by atoms with Gasteiger partial charge in [0.2, 0.25) is 15.9 Å². The molecule has 0 saturated heterocycles. The van der Waals surface area contributed by atoms with Gasteiger partial charge < -0.3 is 9.84 Å². The Hall–Kier alpha value is -1.08. The van der Waals surface area contributed by atoms with E-state index in [9.17, 15) is 8.42 Å². The fraction of sp³-hybridized carbons (Fsp3) is 0.727. The molecular formula is C11H21N3O3S. The topological polar surface area (TPSA) is 84.2 Å². The van der Waals surface area contributed by atoms with Crippen LogP contribution in [0.15, 0.2) is 4.52 Å². The van der Waals surface area contributed by atoms with Crippen LogP contribution in [0, 0.1) is 13.8 Å². The zero-order valence-corrected chi connectivity index (χ0v) is 12.1. The second-order valence-electron chi connectivity index (χ2n) is 4.61. The van der Waals surface area contributed by atoms with Gasteiger partial charge in [-0.1, -0.05) is 19.0 Å². The lowest BCUT2D eigenvalue weighted by molar-refractivity contribution is 0.430. The first-order valence-electron chi connectivity index (χ1n) is 5.98. The molecule has 0 aliphatic rings. The third kappa shape index (κ3) is 4.66. The van der Waals surface area contributed by atoms with Gasteiger partial charge in [-0.3, -0.25) is 4.72 Å². The minimum absolute atomic E-state index is 0.0614. The van der Waals surface area contributed by atoms with Gasteiger partial charge in [-0.05, 0) is 26.8 Å². The number of nitrogens with one attached hydrogen (secondary N) is 2. The van der Waals surface area contributed by atoms with Crippen molar-refractivity contribution in [3.05, 3.63) is 11.3 Å². The maximum atomic E-state index is 11.8. The summed E-state index contributed by atoms with van der Waals surface area (Å²) >= 11 is 0. The smallest absolute Gasteiger partial charge is 0.241 e. The van der Waals surface area contributed by atoms with Gasteiger partial charge in [-0.15, -0.1) is 0 Å². The van der Waals surface area contributed by atoms with Crippen LogP contribution in [-0.2, 0) is 10.0 Å². The number of aromatic nitrogens is 1. The molecule has 1 rings (SSSR count). The summed E-state index contributed by atoms with van der Waals surface area (Å²) in [5.74, 6) is 0.274. The molecular weight excluding hydrogens is 254 g/mol. The van der Waals surface area contributed by atoms with Gasteiger partial charge in [0.15, 0.2) is 0 Å². The van der Waals surface area contributed by atoms with Crippen LogP contribution in [-0.4, -0.2) is 31.9 Å². The fourth-order valence-corrected chi connectivity index (χ4v) is 2.45. The van der Waals surface area contributed by atoms with E-state index in [-0.39, 0.29) is 11.6 Å². The molecule has 2 N–H and O–H groups in total. The first kappa shape index (κ1) is 15.0. The molecule has 0 aliphatic heterocycles. The van der Waals surface area contributed by atoms with Gasteiger partial charge in [0.25, 0.3) is 0 Å². The van der Waals surface area contributed by atoms with E-state index < -0.39 is 10.0 Å². The largest absolute Gasteiger partial charge is 0.337 e. The number of rotatable bonds is 7. The Bertz CT molecular complexity index is 480. The molecule has 1 heterocycles. The highest BCUT2D eigenvalue weighted by atomic mass is 32.2. The van der Waals surface area contributed by atoms with Crippen molar-refractivity contribution in [1.82, 2.24) is 10.5 Å². The second kappa shape index (κ2) is 6.19. The molecule has 6 nitrogen and oxygen atoms in total. The van der Waals surface area contributed by atoms with Crippen LogP contribution < -0.4 is 10.0 Å². The van der Waals surface area contributed by atoms with Gasteiger partial charge in [0.05, 0.1) is 11.4 Å². The first-order valence-corrected chi connectivity index (χ1v) is 7.64. The maximum Gasteiger partial charge on any atom is 0.241 e. The van der Waals surface area contributed by atoms with Crippen LogP contribution >= 0.6 is 0 Å². The number of hydrogen-bond donors (Lipinski definition) is 2. The summed E-state index contributed by atoms with van der Waals surface area (Å²) < 4.78 is 30.9. The zero-order chi connectivity index (χ0) is 13.8. The Balaban J connectivity index is 2.47. The van der Waals surface area contributed by atoms with Gasteiger partial charge in [0, 0.05) is 11.6 Å². The monoisotopic (exact) mass is 275 g/mol. The van der Waals surface area contributed by atoms with E-state index in [1.165, 1.54) is 0 Å². The molecule has 0 aromatic carbocycles. The molecule has 0 aliphatic carbocycles. The highest BCUT2D eigenvalue weighted by molar-refractivity contribution is 7.92. The van der Waals surface area contributed by atoms with Crippen LogP contribution in [0.3, 0.4) is 0 Å². The normalized spacial score (nSPS) is 12.1. The van der Waals surface area contributed by atoms with E-state index in [2.05, 4.69) is 15.2 Å². The minimum Gasteiger partial charge on any atom is -0.337 e. The predicted octanol–water partition coefficient (Wildman–Crippen LogP) is 1.42.